The Kier molecular flexibility index (Phi) is 6.30. The zero-order chi connectivity index (χ0) is 22.6. The summed E-state index contributed by atoms with van der Waals surface area (Å²) in [6.45, 7) is 30.4. The third-order valence-electron chi connectivity index (χ3n) is 5.77. The molecule has 1 atom stereocenters. The molecule has 1 heteroatoms. The van der Waals surface area contributed by atoms with Crippen molar-refractivity contribution < 1.29 is 0 Å². The van der Waals surface area contributed by atoms with Gasteiger partial charge in [-0.2, -0.15) is 0 Å². The van der Waals surface area contributed by atoms with Gasteiger partial charge in [0.1, 0.15) is 0 Å². The molecule has 0 saturated heterocycles. The van der Waals surface area contributed by atoms with Crippen molar-refractivity contribution in [2.75, 3.05) is 6.66 Å². The first-order valence-electron chi connectivity index (χ1n) is 11.0. The topological polar surface area (TPSA) is 0 Å². The van der Waals surface area contributed by atoms with Crippen LogP contribution in [-0.2, 0) is 16.2 Å². The van der Waals surface area contributed by atoms with E-state index in [1.54, 1.807) is 5.30 Å². The molecule has 0 amide bonds. The quantitative estimate of drug-likeness (QED) is 0.339. The van der Waals surface area contributed by atoms with Gasteiger partial charge < -0.3 is 0 Å². The summed E-state index contributed by atoms with van der Waals surface area (Å²) in [5.74, 6) is 0. The molecule has 1 aromatic rings. The lowest BCUT2D eigenvalue weighted by Gasteiger charge is -2.35. The van der Waals surface area contributed by atoms with E-state index < -0.39 is 7.92 Å². The minimum atomic E-state index is -0.471. The Labute approximate surface area is 182 Å². The summed E-state index contributed by atoms with van der Waals surface area (Å²) < 4.78 is 0. The molecule has 1 aromatic carbocycles. The van der Waals surface area contributed by atoms with Crippen molar-refractivity contribution in [2.24, 2.45) is 5.41 Å². The molecule has 0 spiro atoms. The van der Waals surface area contributed by atoms with Crippen molar-refractivity contribution in [1.82, 2.24) is 0 Å². The Morgan fingerprint density at radius 3 is 1.38 bits per heavy atom. The summed E-state index contributed by atoms with van der Waals surface area (Å²) in [4.78, 5) is 0. The van der Waals surface area contributed by atoms with E-state index in [0.29, 0.717) is 0 Å². The number of benzene rings is 1. The fraction of sp³-hybridized carbons (Fsp3) is 0.607. The molecule has 1 unspecified atom stereocenters. The van der Waals surface area contributed by atoms with Gasteiger partial charge in [-0.1, -0.05) is 95.2 Å². The van der Waals surface area contributed by atoms with Crippen LogP contribution in [0.15, 0.2) is 40.9 Å². The molecule has 0 N–H and O–H groups in total. The lowest BCUT2D eigenvalue weighted by Crippen LogP contribution is -2.31. The van der Waals surface area contributed by atoms with Crippen molar-refractivity contribution in [3.8, 4) is 0 Å². The van der Waals surface area contributed by atoms with Gasteiger partial charge in [0.05, 0.1) is 0 Å². The van der Waals surface area contributed by atoms with E-state index in [9.17, 15) is 0 Å². The van der Waals surface area contributed by atoms with Crippen LogP contribution in [0.4, 0.5) is 0 Å². The van der Waals surface area contributed by atoms with Gasteiger partial charge in [-0.25, -0.2) is 0 Å². The van der Waals surface area contributed by atoms with Gasteiger partial charge in [0.25, 0.3) is 0 Å². The van der Waals surface area contributed by atoms with Crippen molar-refractivity contribution in [3.05, 3.63) is 57.6 Å². The molecule has 0 nitrogen and oxygen atoms in total. The maximum Gasteiger partial charge on any atom is 0.0220 e. The van der Waals surface area contributed by atoms with Crippen LogP contribution in [0.5, 0.6) is 0 Å². The molecule has 0 radical (unpaired) electrons. The molecule has 0 heterocycles. The maximum absolute atomic E-state index is 3.78. The van der Waals surface area contributed by atoms with Crippen LogP contribution >= 0.6 is 7.92 Å². The highest BCUT2D eigenvalue weighted by atomic mass is 31.1. The van der Waals surface area contributed by atoms with Crippen LogP contribution in [0.25, 0.3) is 0 Å². The molecular weight excluding hydrogens is 367 g/mol. The first-order valence-corrected chi connectivity index (χ1v) is 12.7. The van der Waals surface area contributed by atoms with E-state index in [1.165, 1.54) is 27.6 Å². The van der Waals surface area contributed by atoms with Gasteiger partial charge in [-0.05, 0) is 70.4 Å². The molecule has 0 saturated carbocycles. The number of rotatable bonds is 2. The SMILES string of the molecule is CP(C1=C=C(C(C)(C)C)C=C1)c1c(C(C)(C)C)cc(C(C)(C)C)cc1C(C)(C)C. The van der Waals surface area contributed by atoms with E-state index in [2.05, 4.69) is 120 Å². The second-order valence-electron chi connectivity index (χ2n) is 12.7. The number of allylic oxidation sites excluding steroid dienone is 3. The third-order valence-corrected chi connectivity index (χ3v) is 7.90. The molecule has 2 rings (SSSR count). The summed E-state index contributed by atoms with van der Waals surface area (Å²) in [7, 11) is -0.471. The summed E-state index contributed by atoms with van der Waals surface area (Å²) in [5.41, 5.74) is 10.1. The molecule has 1 aliphatic rings. The molecule has 160 valence electrons. The first-order chi connectivity index (χ1) is 12.8. The van der Waals surface area contributed by atoms with Crippen molar-refractivity contribution >= 4 is 13.2 Å². The van der Waals surface area contributed by atoms with Gasteiger partial charge in [0, 0.05) is 10.9 Å². The van der Waals surface area contributed by atoms with E-state index in [1.807, 2.05) is 0 Å². The van der Waals surface area contributed by atoms with Crippen molar-refractivity contribution in [1.29, 1.82) is 0 Å². The molecule has 29 heavy (non-hydrogen) atoms. The Morgan fingerprint density at radius 2 is 1.07 bits per heavy atom. The summed E-state index contributed by atoms with van der Waals surface area (Å²) >= 11 is 0. The van der Waals surface area contributed by atoms with E-state index >= 15 is 0 Å². The summed E-state index contributed by atoms with van der Waals surface area (Å²) in [6.07, 6.45) is 4.61. The smallest absolute Gasteiger partial charge is 0.0220 e. The molecule has 0 fully saturated rings. The van der Waals surface area contributed by atoms with Gasteiger partial charge >= 0.3 is 0 Å². The van der Waals surface area contributed by atoms with Gasteiger partial charge in [0.2, 0.25) is 0 Å². The van der Waals surface area contributed by atoms with Crippen LogP contribution in [0.1, 0.15) is 99.8 Å². The lowest BCUT2D eigenvalue weighted by molar-refractivity contribution is 0.519. The predicted molar refractivity (Wildman–Crippen MR) is 134 cm³/mol. The van der Waals surface area contributed by atoms with Gasteiger partial charge in [-0.3, -0.25) is 0 Å². The van der Waals surface area contributed by atoms with E-state index in [4.69, 9.17) is 0 Å². The second kappa shape index (κ2) is 7.55. The van der Waals surface area contributed by atoms with Crippen LogP contribution < -0.4 is 5.30 Å². The minimum Gasteiger partial charge on any atom is -0.108 e. The zero-order valence-corrected chi connectivity index (χ0v) is 22.2. The van der Waals surface area contributed by atoms with Crippen LogP contribution in [0.3, 0.4) is 0 Å². The highest BCUT2D eigenvalue weighted by Gasteiger charge is 2.32. The van der Waals surface area contributed by atoms with Gasteiger partial charge in [-0.15, -0.1) is 5.73 Å². The molecule has 1 aliphatic carbocycles. The monoisotopic (exact) mass is 410 g/mol. The Bertz CT molecular complexity index is 839. The van der Waals surface area contributed by atoms with E-state index in [0.717, 1.165) is 0 Å². The molecule has 0 bridgehead atoms. The fourth-order valence-corrected chi connectivity index (χ4v) is 6.06. The number of hydrogen-bond donors (Lipinski definition) is 0. The summed E-state index contributed by atoms with van der Waals surface area (Å²) in [6, 6.07) is 4.99. The Hall–Kier alpha value is -1.09. The maximum atomic E-state index is 3.78. The van der Waals surface area contributed by atoms with E-state index in [-0.39, 0.29) is 21.7 Å². The second-order valence-corrected chi connectivity index (χ2v) is 14.8. The first kappa shape index (κ1) is 24.2. The predicted octanol–water partition coefficient (Wildman–Crippen LogP) is 8.34. The highest BCUT2D eigenvalue weighted by Crippen LogP contribution is 2.49. The fourth-order valence-electron chi connectivity index (χ4n) is 3.71. The van der Waals surface area contributed by atoms with Crippen molar-refractivity contribution in [3.63, 3.8) is 0 Å². The normalized spacial score (nSPS) is 16.7. The molecule has 0 aliphatic heterocycles. The number of hydrogen-bond acceptors (Lipinski definition) is 0. The average Bonchev–Trinajstić information content (AvgIpc) is 3.00. The minimum absolute atomic E-state index is 0.104. The Balaban J connectivity index is 2.86. The standard InChI is InChI=1S/C28H43P/c1-25(2,3)19-14-15-21(16-19)29(13)24-22(27(7,8)9)17-20(26(4,5)6)18-23(24)28(10,11)12/h14-15,17-18H,1-13H3. The largest absolute Gasteiger partial charge is 0.108 e. The Morgan fingerprint density at radius 1 is 0.621 bits per heavy atom. The lowest BCUT2D eigenvalue weighted by atomic mass is 9.75. The zero-order valence-electron chi connectivity index (χ0n) is 21.3. The molecular formula is C28H43P. The molecule has 0 aromatic heterocycles. The highest BCUT2D eigenvalue weighted by molar-refractivity contribution is 7.69. The van der Waals surface area contributed by atoms with Crippen LogP contribution in [-0.4, -0.2) is 6.66 Å². The van der Waals surface area contributed by atoms with Crippen LogP contribution in [0, 0.1) is 5.41 Å². The van der Waals surface area contributed by atoms with Crippen LogP contribution in [0.2, 0.25) is 0 Å². The van der Waals surface area contributed by atoms with Crippen molar-refractivity contribution in [2.45, 2.75) is 99.3 Å². The third kappa shape index (κ3) is 5.34. The summed E-state index contributed by atoms with van der Waals surface area (Å²) in [5, 5.41) is 2.94. The van der Waals surface area contributed by atoms with Gasteiger partial charge in [0.15, 0.2) is 0 Å². The average molecular weight is 411 g/mol.